The molecule has 6 heteroatoms. The lowest BCUT2D eigenvalue weighted by Gasteiger charge is -2.24. The maximum atomic E-state index is 10.3. The molecule has 0 unspecified atom stereocenters. The van der Waals surface area contributed by atoms with E-state index in [2.05, 4.69) is 0 Å². The molecule has 0 aromatic rings. The van der Waals surface area contributed by atoms with E-state index in [1.165, 1.54) is 0 Å². The normalized spacial score (nSPS) is 11.7. The molecule has 0 fully saturated rings. The first-order valence-electron chi connectivity index (χ1n) is 4.97. The van der Waals surface area contributed by atoms with Crippen molar-refractivity contribution in [1.29, 1.82) is 0 Å². The van der Waals surface area contributed by atoms with Gasteiger partial charge in [-0.15, -0.1) is 0 Å². The predicted molar refractivity (Wildman–Crippen MR) is 57.7 cm³/mol. The van der Waals surface area contributed by atoms with Crippen molar-refractivity contribution < 1.29 is 23.2 Å². The Kier molecular flexibility index (Phi) is 7.58. The Hall–Kier alpha value is -0.433. The Bertz CT molecular complexity index is 173. The fourth-order valence-corrected chi connectivity index (χ4v) is 3.15. The van der Waals surface area contributed by atoms with Gasteiger partial charge in [0.25, 0.3) is 0 Å². The molecule has 0 rings (SSSR count). The second kappa shape index (κ2) is 7.81. The highest BCUT2D eigenvalue weighted by molar-refractivity contribution is 6.60. The highest BCUT2D eigenvalue weighted by Gasteiger charge is 2.36. The van der Waals surface area contributed by atoms with Crippen LogP contribution in [0.2, 0.25) is 6.04 Å². The number of hydrogen-bond acceptors (Lipinski definition) is 4. The Balaban J connectivity index is 3.67. The minimum Gasteiger partial charge on any atom is -0.481 e. The van der Waals surface area contributed by atoms with E-state index in [1.54, 1.807) is 21.3 Å². The number of hydrogen-bond donors (Lipinski definition) is 1. The lowest BCUT2D eigenvalue weighted by molar-refractivity contribution is -0.137. The predicted octanol–water partition coefficient (Wildman–Crippen LogP) is 1.51. The van der Waals surface area contributed by atoms with Crippen molar-refractivity contribution in [3.8, 4) is 0 Å². The molecule has 0 aliphatic carbocycles. The van der Waals surface area contributed by atoms with Gasteiger partial charge in [-0.25, -0.2) is 0 Å². The monoisotopic (exact) mass is 236 g/mol. The largest absolute Gasteiger partial charge is 0.500 e. The summed E-state index contributed by atoms with van der Waals surface area (Å²) in [6, 6.07) is 0.732. The maximum absolute atomic E-state index is 10.3. The number of aliphatic carboxylic acids is 1. The second-order valence-electron chi connectivity index (χ2n) is 3.25. The van der Waals surface area contributed by atoms with Crippen molar-refractivity contribution in [2.24, 2.45) is 0 Å². The second-order valence-corrected chi connectivity index (χ2v) is 6.34. The van der Waals surface area contributed by atoms with Crippen molar-refractivity contribution in [2.45, 2.75) is 31.7 Å². The molecule has 0 aliphatic rings. The minimum absolute atomic E-state index is 0.224. The SMILES string of the molecule is CO[Si](CCCCCC(=O)O)(OC)OC. The zero-order valence-electron chi connectivity index (χ0n) is 9.62. The van der Waals surface area contributed by atoms with Crippen molar-refractivity contribution in [3.63, 3.8) is 0 Å². The van der Waals surface area contributed by atoms with Crippen molar-refractivity contribution in [3.05, 3.63) is 0 Å². The van der Waals surface area contributed by atoms with Crippen LogP contribution in [0.15, 0.2) is 0 Å². The number of carboxylic acids is 1. The number of unbranched alkanes of at least 4 members (excludes halogenated alkanes) is 2. The van der Waals surface area contributed by atoms with Gasteiger partial charge in [0, 0.05) is 33.8 Å². The van der Waals surface area contributed by atoms with E-state index in [-0.39, 0.29) is 6.42 Å². The fourth-order valence-electron chi connectivity index (χ4n) is 1.35. The summed E-state index contributed by atoms with van der Waals surface area (Å²) in [6.45, 7) is 0. The number of rotatable bonds is 9. The van der Waals surface area contributed by atoms with Crippen LogP contribution < -0.4 is 0 Å². The molecule has 5 nitrogen and oxygen atoms in total. The smallest absolute Gasteiger partial charge is 0.481 e. The standard InChI is InChI=1S/C9H20O5Si/c1-12-15(13-2,14-3)8-6-4-5-7-9(10)11/h4-8H2,1-3H3,(H,10,11). The number of carboxylic acid groups (broad SMARTS) is 1. The lowest BCUT2D eigenvalue weighted by atomic mass is 10.2. The molecular formula is C9H20O5Si. The van der Waals surface area contributed by atoms with Crippen molar-refractivity contribution in [1.82, 2.24) is 0 Å². The first-order valence-corrected chi connectivity index (χ1v) is 6.90. The van der Waals surface area contributed by atoms with Crippen LogP contribution in [0, 0.1) is 0 Å². The van der Waals surface area contributed by atoms with Crippen LogP contribution in [0.25, 0.3) is 0 Å². The van der Waals surface area contributed by atoms with Gasteiger partial charge in [-0.2, -0.15) is 0 Å². The summed E-state index contributed by atoms with van der Waals surface area (Å²) in [7, 11) is 2.30. The van der Waals surface area contributed by atoms with Crippen LogP contribution in [0.4, 0.5) is 0 Å². The van der Waals surface area contributed by atoms with E-state index in [0.717, 1.165) is 18.9 Å². The van der Waals surface area contributed by atoms with Crippen LogP contribution in [-0.4, -0.2) is 41.2 Å². The summed E-state index contributed by atoms with van der Waals surface area (Å²) >= 11 is 0. The summed E-state index contributed by atoms with van der Waals surface area (Å²) in [5.41, 5.74) is 0. The summed E-state index contributed by atoms with van der Waals surface area (Å²) in [6.07, 6.45) is 2.64. The molecule has 0 aromatic heterocycles. The molecule has 1 N–H and O–H groups in total. The molecule has 0 saturated heterocycles. The van der Waals surface area contributed by atoms with Gasteiger partial charge in [0.2, 0.25) is 0 Å². The topological polar surface area (TPSA) is 65.0 Å². The van der Waals surface area contributed by atoms with E-state index in [4.69, 9.17) is 18.4 Å². The first kappa shape index (κ1) is 14.6. The van der Waals surface area contributed by atoms with Crippen LogP contribution >= 0.6 is 0 Å². The first-order chi connectivity index (χ1) is 7.10. The third-order valence-electron chi connectivity index (χ3n) is 2.31. The molecule has 0 heterocycles. The third-order valence-corrected chi connectivity index (χ3v) is 5.14. The van der Waals surface area contributed by atoms with Crippen LogP contribution in [0.3, 0.4) is 0 Å². The van der Waals surface area contributed by atoms with E-state index >= 15 is 0 Å². The van der Waals surface area contributed by atoms with Crippen molar-refractivity contribution >= 4 is 14.8 Å². The van der Waals surface area contributed by atoms with E-state index in [1.807, 2.05) is 0 Å². The van der Waals surface area contributed by atoms with Gasteiger partial charge in [0.1, 0.15) is 0 Å². The zero-order chi connectivity index (χ0) is 11.7. The van der Waals surface area contributed by atoms with Gasteiger partial charge < -0.3 is 18.4 Å². The Morgan fingerprint density at radius 2 is 1.60 bits per heavy atom. The summed E-state index contributed by atoms with van der Waals surface area (Å²) in [4.78, 5) is 10.3. The molecular weight excluding hydrogens is 216 g/mol. The van der Waals surface area contributed by atoms with Gasteiger partial charge in [-0.1, -0.05) is 6.42 Å². The van der Waals surface area contributed by atoms with E-state index < -0.39 is 14.8 Å². The summed E-state index contributed by atoms with van der Waals surface area (Å²) < 4.78 is 15.7. The highest BCUT2D eigenvalue weighted by atomic mass is 28.4. The van der Waals surface area contributed by atoms with Crippen LogP contribution in [0.5, 0.6) is 0 Å². The van der Waals surface area contributed by atoms with Gasteiger partial charge in [-0.05, 0) is 12.8 Å². The zero-order valence-corrected chi connectivity index (χ0v) is 10.6. The average molecular weight is 236 g/mol. The molecule has 0 aromatic carbocycles. The van der Waals surface area contributed by atoms with E-state index in [0.29, 0.717) is 6.42 Å². The maximum Gasteiger partial charge on any atom is 0.500 e. The fraction of sp³-hybridized carbons (Fsp3) is 0.889. The quantitative estimate of drug-likeness (QED) is 0.485. The third kappa shape index (κ3) is 5.88. The lowest BCUT2D eigenvalue weighted by Crippen LogP contribution is -2.42. The average Bonchev–Trinajstić information content (AvgIpc) is 2.24. The van der Waals surface area contributed by atoms with Crippen LogP contribution in [-0.2, 0) is 18.1 Å². The molecule has 15 heavy (non-hydrogen) atoms. The molecule has 0 saturated carbocycles. The molecule has 0 atom stereocenters. The highest BCUT2D eigenvalue weighted by Crippen LogP contribution is 2.17. The molecule has 0 radical (unpaired) electrons. The Labute approximate surface area is 91.7 Å². The van der Waals surface area contributed by atoms with Gasteiger partial charge >= 0.3 is 14.8 Å². The molecule has 0 aliphatic heterocycles. The molecule has 0 spiro atoms. The molecule has 0 bridgehead atoms. The molecule has 90 valence electrons. The van der Waals surface area contributed by atoms with Gasteiger partial charge in [0.05, 0.1) is 0 Å². The van der Waals surface area contributed by atoms with Gasteiger partial charge in [0.15, 0.2) is 0 Å². The van der Waals surface area contributed by atoms with Gasteiger partial charge in [-0.3, -0.25) is 4.79 Å². The van der Waals surface area contributed by atoms with Crippen LogP contribution in [0.1, 0.15) is 25.7 Å². The molecule has 0 amide bonds. The number of carbonyl (C=O) groups is 1. The van der Waals surface area contributed by atoms with Crippen molar-refractivity contribution in [2.75, 3.05) is 21.3 Å². The summed E-state index contributed by atoms with van der Waals surface area (Å²) in [5.74, 6) is -0.747. The summed E-state index contributed by atoms with van der Waals surface area (Å²) in [5, 5.41) is 8.45. The minimum atomic E-state index is -2.44. The Morgan fingerprint density at radius 1 is 1.07 bits per heavy atom. The Morgan fingerprint density at radius 3 is 2.00 bits per heavy atom. The van der Waals surface area contributed by atoms with E-state index in [9.17, 15) is 4.79 Å².